The summed E-state index contributed by atoms with van der Waals surface area (Å²) in [6.07, 6.45) is 4.44. The number of hydrogen-bond donors (Lipinski definition) is 0. The lowest BCUT2D eigenvalue weighted by Gasteiger charge is -2.41. The summed E-state index contributed by atoms with van der Waals surface area (Å²) in [5.74, 6) is 0.786. The molecule has 1 fully saturated rings. The van der Waals surface area contributed by atoms with Crippen molar-refractivity contribution in [3.05, 3.63) is 28.2 Å². The van der Waals surface area contributed by atoms with E-state index in [4.69, 9.17) is 14.7 Å². The molecule has 0 saturated carbocycles. The molecule has 4 nitrogen and oxygen atoms in total. The van der Waals surface area contributed by atoms with Crippen molar-refractivity contribution < 1.29 is 9.47 Å². The molecule has 5 heteroatoms. The van der Waals surface area contributed by atoms with Crippen LogP contribution in [-0.4, -0.2) is 24.5 Å². The normalized spacial score (nSPS) is 27.7. The van der Waals surface area contributed by atoms with Gasteiger partial charge in [0, 0.05) is 23.1 Å². The van der Waals surface area contributed by atoms with Crippen molar-refractivity contribution >= 4 is 21.6 Å². The quantitative estimate of drug-likeness (QED) is 0.690. The van der Waals surface area contributed by atoms with Crippen molar-refractivity contribution in [2.75, 3.05) is 13.2 Å². The fraction of sp³-hybridized carbons (Fsp3) is 0.429. The molecule has 19 heavy (non-hydrogen) atoms. The van der Waals surface area contributed by atoms with Gasteiger partial charge in [0.05, 0.1) is 12.3 Å². The molecule has 0 aliphatic carbocycles. The number of nitrogens with zero attached hydrogens (tertiary/aromatic N) is 2. The molecule has 2 heterocycles. The molecular weight excluding hydrogens is 308 g/mol. The van der Waals surface area contributed by atoms with E-state index in [9.17, 15) is 0 Å². The third-order valence-corrected chi connectivity index (χ3v) is 4.03. The first-order valence-electron chi connectivity index (χ1n) is 6.25. The van der Waals surface area contributed by atoms with Crippen LogP contribution in [0.15, 0.2) is 27.7 Å². The lowest BCUT2D eigenvalue weighted by atomic mass is 9.85. The van der Waals surface area contributed by atoms with Gasteiger partial charge in [0.1, 0.15) is 11.4 Å². The Morgan fingerprint density at radius 2 is 2.32 bits per heavy atom. The van der Waals surface area contributed by atoms with E-state index in [0.717, 1.165) is 40.9 Å². The molecular formula is C14H13BrN2O2. The zero-order valence-corrected chi connectivity index (χ0v) is 11.9. The van der Waals surface area contributed by atoms with Gasteiger partial charge in [0.2, 0.25) is 6.19 Å². The second-order valence-electron chi connectivity index (χ2n) is 4.92. The number of benzene rings is 1. The summed E-state index contributed by atoms with van der Waals surface area (Å²) in [6, 6.07) is 5.80. The average Bonchev–Trinajstić information content (AvgIpc) is 2.41. The maximum atomic E-state index is 8.88. The Hall–Kier alpha value is -1.38. The van der Waals surface area contributed by atoms with Crippen molar-refractivity contribution in [3.8, 4) is 11.9 Å². The van der Waals surface area contributed by atoms with Gasteiger partial charge in [0.15, 0.2) is 0 Å². The molecule has 1 atom stereocenters. The van der Waals surface area contributed by atoms with Crippen LogP contribution in [-0.2, 0) is 4.74 Å². The summed E-state index contributed by atoms with van der Waals surface area (Å²) >= 11 is 3.44. The van der Waals surface area contributed by atoms with Crippen molar-refractivity contribution in [2.45, 2.75) is 24.9 Å². The first kappa shape index (κ1) is 12.6. The maximum Gasteiger partial charge on any atom is 0.205 e. The lowest BCUT2D eigenvalue weighted by Crippen LogP contribution is -2.48. The third kappa shape index (κ3) is 2.38. The van der Waals surface area contributed by atoms with Gasteiger partial charge >= 0.3 is 0 Å². The first-order valence-corrected chi connectivity index (χ1v) is 7.04. The molecule has 0 N–H and O–H groups in total. The van der Waals surface area contributed by atoms with Crippen molar-refractivity contribution in [2.24, 2.45) is 4.99 Å². The van der Waals surface area contributed by atoms with Gasteiger partial charge in [-0.2, -0.15) is 10.3 Å². The summed E-state index contributed by atoms with van der Waals surface area (Å²) in [7, 11) is 0. The van der Waals surface area contributed by atoms with Crippen LogP contribution in [0.4, 0.5) is 0 Å². The second-order valence-corrected chi connectivity index (χ2v) is 5.83. The van der Waals surface area contributed by atoms with Gasteiger partial charge in [-0.25, -0.2) is 0 Å². The second kappa shape index (κ2) is 4.95. The Labute approximate surface area is 120 Å². The topological polar surface area (TPSA) is 54.6 Å². The fourth-order valence-electron chi connectivity index (χ4n) is 2.69. The van der Waals surface area contributed by atoms with Crippen LogP contribution in [0.1, 0.15) is 24.8 Å². The highest BCUT2D eigenvalue weighted by molar-refractivity contribution is 9.10. The van der Waals surface area contributed by atoms with E-state index in [1.165, 1.54) is 0 Å². The molecule has 3 rings (SSSR count). The largest absolute Gasteiger partial charge is 0.484 e. The van der Waals surface area contributed by atoms with Gasteiger partial charge in [-0.15, -0.1) is 0 Å². The van der Waals surface area contributed by atoms with E-state index in [0.29, 0.717) is 13.0 Å². The highest BCUT2D eigenvalue weighted by atomic mass is 79.9. The highest BCUT2D eigenvalue weighted by Crippen LogP contribution is 2.39. The van der Waals surface area contributed by atoms with Crippen LogP contribution in [0.3, 0.4) is 0 Å². The van der Waals surface area contributed by atoms with E-state index in [1.54, 1.807) is 0 Å². The minimum Gasteiger partial charge on any atom is -0.484 e. The number of halogens is 1. The minimum atomic E-state index is -0.352. The SMILES string of the molecule is N#C/N=C1\CC2(CCCOC2)Oc2ccc(Br)cc21. The summed E-state index contributed by atoms with van der Waals surface area (Å²) in [6.45, 7) is 1.34. The molecule has 1 aromatic carbocycles. The lowest BCUT2D eigenvalue weighted by molar-refractivity contribution is -0.0661. The van der Waals surface area contributed by atoms with Crippen molar-refractivity contribution in [3.63, 3.8) is 0 Å². The van der Waals surface area contributed by atoms with Crippen molar-refractivity contribution in [1.82, 2.24) is 0 Å². The van der Waals surface area contributed by atoms with E-state index in [1.807, 2.05) is 24.4 Å². The van der Waals surface area contributed by atoms with Gasteiger partial charge < -0.3 is 9.47 Å². The number of hydrogen-bond acceptors (Lipinski definition) is 4. The summed E-state index contributed by atoms with van der Waals surface area (Å²) in [5, 5.41) is 8.88. The van der Waals surface area contributed by atoms with Crippen LogP contribution in [0, 0.1) is 11.5 Å². The number of nitriles is 1. The highest BCUT2D eigenvalue weighted by Gasteiger charge is 2.41. The summed E-state index contributed by atoms with van der Waals surface area (Å²) in [5.41, 5.74) is 1.33. The van der Waals surface area contributed by atoms with E-state index < -0.39 is 0 Å². The molecule has 0 bridgehead atoms. The van der Waals surface area contributed by atoms with Crippen LogP contribution in [0.2, 0.25) is 0 Å². The van der Waals surface area contributed by atoms with Gasteiger partial charge in [-0.05, 0) is 31.0 Å². The first-order chi connectivity index (χ1) is 9.22. The molecule has 1 aromatic rings. The molecule has 0 amide bonds. The van der Waals surface area contributed by atoms with Crippen LogP contribution in [0.25, 0.3) is 0 Å². The molecule has 1 spiro atoms. The predicted octanol–water partition coefficient (Wildman–Crippen LogP) is 3.05. The Morgan fingerprint density at radius 3 is 3.05 bits per heavy atom. The van der Waals surface area contributed by atoms with Crippen LogP contribution in [0.5, 0.6) is 5.75 Å². The predicted molar refractivity (Wildman–Crippen MR) is 74.3 cm³/mol. The maximum absolute atomic E-state index is 8.88. The number of fused-ring (bicyclic) bond motifs is 1. The molecule has 0 radical (unpaired) electrons. The Kier molecular flexibility index (Phi) is 3.29. The van der Waals surface area contributed by atoms with Gasteiger partial charge in [-0.3, -0.25) is 0 Å². The standard InChI is InChI=1S/C14H13BrN2O2/c15-10-2-3-13-11(6-10)12(17-9-16)7-14(19-13)4-1-5-18-8-14/h2-3,6H,1,4-5,7-8H2/b17-12+. The van der Waals surface area contributed by atoms with Crippen LogP contribution < -0.4 is 4.74 Å². The Balaban J connectivity index is 2.05. The molecule has 1 unspecified atom stereocenters. The van der Waals surface area contributed by atoms with E-state index >= 15 is 0 Å². The zero-order chi connectivity index (χ0) is 13.3. The Morgan fingerprint density at radius 1 is 1.42 bits per heavy atom. The Bertz CT molecular complexity index is 571. The molecule has 2 aliphatic heterocycles. The van der Waals surface area contributed by atoms with E-state index in [-0.39, 0.29) is 5.60 Å². The fourth-order valence-corrected chi connectivity index (χ4v) is 3.05. The van der Waals surface area contributed by atoms with Gasteiger partial charge in [0.25, 0.3) is 0 Å². The molecule has 98 valence electrons. The van der Waals surface area contributed by atoms with Crippen molar-refractivity contribution in [1.29, 1.82) is 5.26 Å². The van der Waals surface area contributed by atoms with E-state index in [2.05, 4.69) is 20.9 Å². The zero-order valence-electron chi connectivity index (χ0n) is 10.4. The molecule has 2 aliphatic rings. The minimum absolute atomic E-state index is 0.352. The monoisotopic (exact) mass is 320 g/mol. The summed E-state index contributed by atoms with van der Waals surface area (Å²) < 4.78 is 12.7. The smallest absolute Gasteiger partial charge is 0.205 e. The summed E-state index contributed by atoms with van der Waals surface area (Å²) in [4.78, 5) is 3.98. The van der Waals surface area contributed by atoms with Gasteiger partial charge in [-0.1, -0.05) is 15.9 Å². The number of ether oxygens (including phenoxy) is 2. The third-order valence-electron chi connectivity index (χ3n) is 3.54. The molecule has 0 aromatic heterocycles. The number of aliphatic imine (C=N–C) groups is 1. The number of rotatable bonds is 0. The molecule has 1 saturated heterocycles. The average molecular weight is 321 g/mol. The van der Waals surface area contributed by atoms with Crippen LogP contribution >= 0.6 is 15.9 Å².